The fourth-order valence-corrected chi connectivity index (χ4v) is 4.51. The van der Waals surface area contributed by atoms with Gasteiger partial charge in [-0.15, -0.1) is 0 Å². The van der Waals surface area contributed by atoms with Gasteiger partial charge in [0.2, 0.25) is 11.8 Å². The maximum Gasteiger partial charge on any atom is 0.224 e. The molecular weight excluding hydrogens is 453 g/mol. The van der Waals surface area contributed by atoms with E-state index >= 15 is 0 Å². The number of ketones is 1. The number of amides is 2. The maximum atomic E-state index is 13.0. The fourth-order valence-electron chi connectivity index (χ4n) is 4.11. The van der Waals surface area contributed by atoms with Crippen molar-refractivity contribution in [3.05, 3.63) is 28.0 Å². The summed E-state index contributed by atoms with van der Waals surface area (Å²) in [5.41, 5.74) is 0.884. The van der Waals surface area contributed by atoms with Crippen molar-refractivity contribution in [1.82, 2.24) is 20.6 Å². The molecule has 1 aliphatic heterocycles. The highest BCUT2D eigenvalue weighted by atomic mass is 35.5. The smallest absolute Gasteiger partial charge is 0.224 e. The largest absolute Gasteiger partial charge is 0.356 e. The normalized spacial score (nSPS) is 19.9. The third-order valence-corrected chi connectivity index (χ3v) is 6.70. The van der Waals surface area contributed by atoms with Crippen LogP contribution in [0.5, 0.6) is 0 Å². The van der Waals surface area contributed by atoms with Crippen molar-refractivity contribution in [2.24, 2.45) is 17.8 Å². The Balaban J connectivity index is 1.45. The number of benzene rings is 1. The molecule has 2 aromatic rings. The zero-order valence-corrected chi connectivity index (χ0v) is 18.8. The van der Waals surface area contributed by atoms with Gasteiger partial charge in [-0.1, -0.05) is 36.0 Å². The molecule has 10 heteroatoms. The number of aromatic nitrogens is 2. The number of nitrogens with one attached hydrogen (secondary N) is 3. The second-order valence-electron chi connectivity index (χ2n) is 8.54. The van der Waals surface area contributed by atoms with Crippen molar-refractivity contribution >= 4 is 51.8 Å². The van der Waals surface area contributed by atoms with E-state index in [0.717, 1.165) is 12.8 Å². The number of aromatic amines is 1. The Bertz CT molecular complexity index is 1070. The molecule has 4 rings (SSSR count). The summed E-state index contributed by atoms with van der Waals surface area (Å²) in [4.78, 5) is 45.0. The SMILES string of the molecule is N#C[C@H](C[C@@H]1CCNC1=O)NC(=O)[C@@H](CC(=O)c1nc2c(Cl)ccc(Cl)c2[nH]1)CC1CC1. The van der Waals surface area contributed by atoms with Crippen LogP contribution < -0.4 is 10.6 Å². The Morgan fingerprint density at radius 2 is 1.97 bits per heavy atom. The number of fused-ring (bicyclic) bond motifs is 1. The van der Waals surface area contributed by atoms with Gasteiger partial charge in [-0.05, 0) is 37.3 Å². The molecule has 1 aromatic carbocycles. The van der Waals surface area contributed by atoms with E-state index in [1.807, 2.05) is 0 Å². The number of nitriles is 1. The van der Waals surface area contributed by atoms with Gasteiger partial charge in [-0.3, -0.25) is 14.4 Å². The van der Waals surface area contributed by atoms with Crippen LogP contribution >= 0.6 is 23.2 Å². The van der Waals surface area contributed by atoms with Crippen LogP contribution in [0.25, 0.3) is 11.0 Å². The van der Waals surface area contributed by atoms with E-state index in [9.17, 15) is 19.6 Å². The van der Waals surface area contributed by atoms with Gasteiger partial charge in [0, 0.05) is 24.8 Å². The van der Waals surface area contributed by atoms with E-state index in [-0.39, 0.29) is 42.2 Å². The predicted octanol–water partition coefficient (Wildman–Crippen LogP) is 3.39. The molecule has 3 N–H and O–H groups in total. The summed E-state index contributed by atoms with van der Waals surface area (Å²) >= 11 is 12.3. The van der Waals surface area contributed by atoms with Gasteiger partial charge in [0.15, 0.2) is 11.6 Å². The van der Waals surface area contributed by atoms with Gasteiger partial charge in [-0.25, -0.2) is 4.98 Å². The summed E-state index contributed by atoms with van der Waals surface area (Å²) in [5.74, 6) is -1.12. The fraction of sp³-hybridized carbons (Fsp3) is 0.500. The minimum atomic E-state index is -0.781. The molecule has 0 radical (unpaired) electrons. The van der Waals surface area contributed by atoms with Crippen molar-refractivity contribution in [3.8, 4) is 6.07 Å². The van der Waals surface area contributed by atoms with E-state index in [1.165, 1.54) is 0 Å². The van der Waals surface area contributed by atoms with Crippen molar-refractivity contribution in [2.75, 3.05) is 6.54 Å². The summed E-state index contributed by atoms with van der Waals surface area (Å²) < 4.78 is 0. The monoisotopic (exact) mass is 475 g/mol. The topological polar surface area (TPSA) is 128 Å². The molecule has 0 unspecified atom stereocenters. The highest BCUT2D eigenvalue weighted by molar-refractivity contribution is 6.39. The molecule has 2 amide bonds. The molecule has 3 atom stereocenters. The number of hydrogen-bond donors (Lipinski definition) is 3. The number of rotatable bonds is 9. The lowest BCUT2D eigenvalue weighted by Crippen LogP contribution is -2.40. The summed E-state index contributed by atoms with van der Waals surface area (Å²) in [6.45, 7) is 0.583. The molecule has 2 aliphatic rings. The minimum Gasteiger partial charge on any atom is -0.356 e. The average molecular weight is 476 g/mol. The Kier molecular flexibility index (Phi) is 6.68. The second kappa shape index (κ2) is 9.47. The molecule has 2 fully saturated rings. The van der Waals surface area contributed by atoms with E-state index < -0.39 is 12.0 Å². The van der Waals surface area contributed by atoms with E-state index in [4.69, 9.17) is 23.2 Å². The van der Waals surface area contributed by atoms with Gasteiger partial charge in [-0.2, -0.15) is 5.26 Å². The van der Waals surface area contributed by atoms with Crippen LogP contribution in [-0.2, 0) is 9.59 Å². The molecule has 8 nitrogen and oxygen atoms in total. The first-order valence-corrected chi connectivity index (χ1v) is 11.5. The molecule has 1 aliphatic carbocycles. The molecular formula is C22H23Cl2N5O3. The number of imidazole rings is 1. The Hall–Kier alpha value is -2.63. The number of Topliss-reactive ketones (excluding diaryl/α,β-unsaturated/α-hetero) is 1. The maximum absolute atomic E-state index is 13.0. The highest BCUT2D eigenvalue weighted by Gasteiger charge is 2.34. The molecule has 0 spiro atoms. The quantitative estimate of drug-likeness (QED) is 0.478. The molecule has 2 heterocycles. The summed E-state index contributed by atoms with van der Waals surface area (Å²) in [6.07, 6.45) is 3.49. The summed E-state index contributed by atoms with van der Waals surface area (Å²) in [5, 5.41) is 15.7. The van der Waals surface area contributed by atoms with Crippen LogP contribution in [0.3, 0.4) is 0 Å². The standard InChI is InChI=1S/C22H23Cl2N5O3/c23-15-3-4-16(24)19-18(15)28-20(29-19)17(30)9-13(7-11-1-2-11)22(32)27-14(10-25)8-12-5-6-26-21(12)31/h3-4,11-14H,1-2,5-9H2,(H,26,31)(H,27,32)(H,28,29)/t12-,13+,14-/m0/s1. The van der Waals surface area contributed by atoms with Crippen molar-refractivity contribution in [1.29, 1.82) is 5.26 Å². The van der Waals surface area contributed by atoms with Crippen molar-refractivity contribution < 1.29 is 14.4 Å². The zero-order valence-electron chi connectivity index (χ0n) is 17.3. The Labute approximate surface area is 195 Å². The number of carbonyl (C=O) groups excluding carboxylic acids is 3. The van der Waals surface area contributed by atoms with Crippen molar-refractivity contribution in [2.45, 2.75) is 44.6 Å². The average Bonchev–Trinajstić information content (AvgIpc) is 3.31. The molecule has 32 heavy (non-hydrogen) atoms. The van der Waals surface area contributed by atoms with Gasteiger partial charge in [0.1, 0.15) is 11.6 Å². The van der Waals surface area contributed by atoms with Crippen molar-refractivity contribution in [3.63, 3.8) is 0 Å². The number of hydrogen-bond acceptors (Lipinski definition) is 5. The number of nitrogens with zero attached hydrogens (tertiary/aromatic N) is 2. The molecule has 1 aromatic heterocycles. The van der Waals surface area contributed by atoms with Crippen LogP contribution in [0.15, 0.2) is 12.1 Å². The lowest BCUT2D eigenvalue weighted by Gasteiger charge is -2.19. The Morgan fingerprint density at radius 1 is 1.22 bits per heavy atom. The molecule has 0 bridgehead atoms. The second-order valence-corrected chi connectivity index (χ2v) is 9.36. The highest BCUT2D eigenvalue weighted by Crippen LogP contribution is 2.37. The first kappa shape index (κ1) is 22.6. The minimum absolute atomic E-state index is 0.0422. The zero-order chi connectivity index (χ0) is 22.8. The molecule has 1 saturated carbocycles. The third-order valence-electron chi connectivity index (χ3n) is 6.08. The van der Waals surface area contributed by atoms with Gasteiger partial charge in [0.25, 0.3) is 0 Å². The molecule has 168 valence electrons. The Morgan fingerprint density at radius 3 is 2.59 bits per heavy atom. The summed E-state index contributed by atoms with van der Waals surface area (Å²) in [7, 11) is 0. The summed E-state index contributed by atoms with van der Waals surface area (Å²) in [6, 6.07) is 4.52. The van der Waals surface area contributed by atoms with Gasteiger partial charge >= 0.3 is 0 Å². The molecule has 1 saturated heterocycles. The van der Waals surface area contributed by atoms with E-state index in [0.29, 0.717) is 46.4 Å². The van der Waals surface area contributed by atoms with Crippen LogP contribution in [0.1, 0.15) is 49.1 Å². The van der Waals surface area contributed by atoms with Crippen LogP contribution in [-0.4, -0.2) is 40.2 Å². The number of H-pyrrole nitrogens is 1. The predicted molar refractivity (Wildman–Crippen MR) is 119 cm³/mol. The third kappa shape index (κ3) is 5.05. The lowest BCUT2D eigenvalue weighted by atomic mass is 9.93. The van der Waals surface area contributed by atoms with Gasteiger partial charge < -0.3 is 15.6 Å². The van der Waals surface area contributed by atoms with E-state index in [1.54, 1.807) is 12.1 Å². The van der Waals surface area contributed by atoms with Crippen LogP contribution in [0, 0.1) is 29.1 Å². The van der Waals surface area contributed by atoms with Crippen LogP contribution in [0.2, 0.25) is 10.0 Å². The van der Waals surface area contributed by atoms with Gasteiger partial charge in [0.05, 0.1) is 21.6 Å². The van der Waals surface area contributed by atoms with Crippen LogP contribution in [0.4, 0.5) is 0 Å². The number of carbonyl (C=O) groups is 3. The lowest BCUT2D eigenvalue weighted by molar-refractivity contribution is -0.127. The number of halogens is 2. The first-order valence-electron chi connectivity index (χ1n) is 10.7. The van der Waals surface area contributed by atoms with E-state index in [2.05, 4.69) is 26.7 Å². The first-order chi connectivity index (χ1) is 15.4.